The number of hydrogen-bond donors (Lipinski definition) is 1. The van der Waals surface area contributed by atoms with Crippen LogP contribution in [0, 0.1) is 13.8 Å². The molecule has 0 amide bonds. The molecule has 0 aliphatic heterocycles. The molecule has 0 aliphatic rings. The topological polar surface area (TPSA) is 59.1 Å². The van der Waals surface area contributed by atoms with E-state index < -0.39 is 44.6 Å². The number of rotatable bonds is 4. The number of aryl methyl sites for hydroxylation is 2. The van der Waals surface area contributed by atoms with Gasteiger partial charge in [0, 0.05) is 5.69 Å². The maximum Gasteiger partial charge on any atom is 0.416 e. The highest BCUT2D eigenvalue weighted by molar-refractivity contribution is 7.89. The first-order chi connectivity index (χ1) is 12.2. The lowest BCUT2D eigenvalue weighted by Crippen LogP contribution is -2.38. The summed E-state index contributed by atoms with van der Waals surface area (Å²) in [5.74, 6) is 0. The number of nitrogens with one attached hydrogen (secondary N) is 1. The van der Waals surface area contributed by atoms with Crippen LogP contribution in [-0.2, 0) is 16.2 Å². The van der Waals surface area contributed by atoms with E-state index in [1.54, 1.807) is 6.92 Å². The van der Waals surface area contributed by atoms with Crippen molar-refractivity contribution in [3.8, 4) is 0 Å². The van der Waals surface area contributed by atoms with Crippen molar-refractivity contribution in [1.29, 1.82) is 0 Å². The molecule has 1 atom stereocenters. The average molecular weight is 412 g/mol. The van der Waals surface area contributed by atoms with Crippen LogP contribution in [0.3, 0.4) is 0 Å². The zero-order valence-electron chi connectivity index (χ0n) is 14.0. The second kappa shape index (κ2) is 7.12. The van der Waals surface area contributed by atoms with Gasteiger partial charge in [-0.15, -0.1) is 0 Å². The van der Waals surface area contributed by atoms with Crippen molar-refractivity contribution in [2.75, 3.05) is 0 Å². The fourth-order valence-corrected chi connectivity index (χ4v) is 3.37. The van der Waals surface area contributed by atoms with E-state index in [9.17, 15) is 34.8 Å². The Kier molecular flexibility index (Phi) is 5.58. The van der Waals surface area contributed by atoms with Gasteiger partial charge >= 0.3 is 12.4 Å². The largest absolute Gasteiger partial charge is 0.416 e. The van der Waals surface area contributed by atoms with Gasteiger partial charge in [-0.3, -0.25) is 0 Å². The lowest BCUT2D eigenvalue weighted by Gasteiger charge is -2.22. The van der Waals surface area contributed by atoms with Gasteiger partial charge in [-0.05, 0) is 43.2 Å². The number of aromatic nitrogens is 1. The Hall–Kier alpha value is -2.14. The molecule has 27 heavy (non-hydrogen) atoms. The Morgan fingerprint density at radius 1 is 0.926 bits per heavy atom. The molecule has 1 N–H and O–H groups in total. The molecule has 0 radical (unpaired) electrons. The summed E-state index contributed by atoms with van der Waals surface area (Å²) in [5.41, 5.74) is -0.867. The van der Waals surface area contributed by atoms with Crippen molar-refractivity contribution in [3.05, 3.63) is 58.8 Å². The van der Waals surface area contributed by atoms with Crippen molar-refractivity contribution < 1.29 is 34.8 Å². The van der Waals surface area contributed by atoms with E-state index in [1.165, 1.54) is 17.7 Å². The zero-order chi connectivity index (χ0) is 20.6. The third-order valence-electron chi connectivity index (χ3n) is 3.77. The minimum Gasteiger partial charge on any atom is -0.240 e. The monoisotopic (exact) mass is 412 g/mol. The molecule has 0 saturated carbocycles. The third-order valence-corrected chi connectivity index (χ3v) is 5.10. The summed E-state index contributed by atoms with van der Waals surface area (Å²) < 4.78 is 104. The summed E-state index contributed by atoms with van der Waals surface area (Å²) >= 11 is 0. The van der Waals surface area contributed by atoms with Gasteiger partial charge in [0.1, 0.15) is 6.04 Å². The van der Waals surface area contributed by atoms with Crippen LogP contribution in [0.25, 0.3) is 0 Å². The number of alkyl halides is 6. The number of nitrogens with zero attached hydrogens (tertiary/aromatic N) is 1. The zero-order valence-corrected chi connectivity index (χ0v) is 14.8. The van der Waals surface area contributed by atoms with Crippen LogP contribution in [0.2, 0.25) is 0 Å². The summed E-state index contributed by atoms with van der Waals surface area (Å²) in [4.78, 5) is 3.75. The second-order valence-electron chi connectivity index (χ2n) is 5.77. The highest BCUT2D eigenvalue weighted by Gasteiger charge is 2.44. The van der Waals surface area contributed by atoms with Gasteiger partial charge in [0.05, 0.1) is 5.56 Å². The maximum atomic E-state index is 13.4. The molecule has 0 spiro atoms. The Balaban J connectivity index is 2.41. The van der Waals surface area contributed by atoms with Gasteiger partial charge in [0.25, 0.3) is 10.0 Å². The van der Waals surface area contributed by atoms with Crippen molar-refractivity contribution in [1.82, 2.24) is 9.71 Å². The molecule has 2 rings (SSSR count). The first-order valence-electron chi connectivity index (χ1n) is 7.42. The van der Waals surface area contributed by atoms with Crippen molar-refractivity contribution in [2.45, 2.75) is 37.3 Å². The van der Waals surface area contributed by atoms with Crippen molar-refractivity contribution >= 4 is 10.0 Å². The average Bonchev–Trinajstić information content (AvgIpc) is 2.53. The standard InChI is InChI=1S/C16H14F6N2O2S/c1-9-3-8-13(23-10(9)2)27(25,26)24-14(16(20,21)22)11-4-6-12(7-5-11)15(17,18)19/h3-8,14,24H,1-2H3. The van der Waals surface area contributed by atoms with Gasteiger partial charge in [-0.2, -0.15) is 31.1 Å². The lowest BCUT2D eigenvalue weighted by atomic mass is 10.1. The normalized spacial score (nSPS) is 14.2. The van der Waals surface area contributed by atoms with E-state index in [1.807, 2.05) is 0 Å². The quantitative estimate of drug-likeness (QED) is 0.762. The van der Waals surface area contributed by atoms with Crippen molar-refractivity contribution in [3.63, 3.8) is 0 Å². The van der Waals surface area contributed by atoms with Crippen LogP contribution >= 0.6 is 0 Å². The van der Waals surface area contributed by atoms with E-state index in [4.69, 9.17) is 0 Å². The molecule has 1 aromatic heterocycles. The van der Waals surface area contributed by atoms with E-state index in [2.05, 4.69) is 4.98 Å². The summed E-state index contributed by atoms with van der Waals surface area (Å²) in [7, 11) is -4.67. The Labute approximate surface area is 151 Å². The minimum atomic E-state index is -5.08. The smallest absolute Gasteiger partial charge is 0.240 e. The highest BCUT2D eigenvalue weighted by atomic mass is 32.2. The molecule has 11 heteroatoms. The van der Waals surface area contributed by atoms with E-state index in [-0.39, 0.29) is 0 Å². The minimum absolute atomic E-state index is 0.316. The number of benzene rings is 1. The number of pyridine rings is 1. The number of hydrogen-bond acceptors (Lipinski definition) is 3. The summed E-state index contributed by atoms with van der Waals surface area (Å²) in [6.45, 7) is 3.14. The third kappa shape index (κ3) is 4.98. The summed E-state index contributed by atoms with van der Waals surface area (Å²) in [6.07, 6.45) is -9.80. The molecular formula is C16H14F6N2O2S. The Bertz CT molecular complexity index is 921. The van der Waals surface area contributed by atoms with E-state index >= 15 is 0 Å². The molecule has 0 bridgehead atoms. The van der Waals surface area contributed by atoms with Crippen LogP contribution in [-0.4, -0.2) is 19.6 Å². The molecule has 0 saturated heterocycles. The molecule has 2 aromatic rings. The molecule has 4 nitrogen and oxygen atoms in total. The maximum absolute atomic E-state index is 13.4. The number of halogens is 6. The molecule has 1 unspecified atom stereocenters. The first-order valence-corrected chi connectivity index (χ1v) is 8.90. The summed E-state index contributed by atoms with van der Waals surface area (Å²) in [6, 6.07) is 1.78. The lowest BCUT2D eigenvalue weighted by molar-refractivity contribution is -0.153. The predicted octanol–water partition coefficient (Wildman–Crippen LogP) is 4.30. The van der Waals surface area contributed by atoms with Gasteiger partial charge in [0.2, 0.25) is 0 Å². The SMILES string of the molecule is Cc1ccc(S(=O)(=O)NC(c2ccc(C(F)(F)F)cc2)C(F)(F)F)nc1C. The van der Waals surface area contributed by atoms with Crippen LogP contribution in [0.4, 0.5) is 26.3 Å². The summed E-state index contributed by atoms with van der Waals surface area (Å²) in [5, 5.41) is -0.619. The van der Waals surface area contributed by atoms with Gasteiger partial charge in [0.15, 0.2) is 5.03 Å². The Morgan fingerprint density at radius 3 is 1.93 bits per heavy atom. The van der Waals surface area contributed by atoms with Crippen molar-refractivity contribution in [2.24, 2.45) is 0 Å². The molecule has 1 heterocycles. The van der Waals surface area contributed by atoms with Crippen LogP contribution in [0.15, 0.2) is 41.4 Å². The van der Waals surface area contributed by atoms with Gasteiger partial charge in [-0.1, -0.05) is 18.2 Å². The molecule has 0 fully saturated rings. The molecule has 1 aromatic carbocycles. The second-order valence-corrected chi connectivity index (χ2v) is 7.43. The van der Waals surface area contributed by atoms with Gasteiger partial charge < -0.3 is 0 Å². The van der Waals surface area contributed by atoms with Crippen LogP contribution in [0.5, 0.6) is 0 Å². The Morgan fingerprint density at radius 2 is 1.48 bits per heavy atom. The molecule has 0 aliphatic carbocycles. The van der Waals surface area contributed by atoms with E-state index in [0.717, 1.165) is 6.07 Å². The van der Waals surface area contributed by atoms with Crippen LogP contribution in [0.1, 0.15) is 28.4 Å². The fraction of sp³-hybridized carbons (Fsp3) is 0.312. The molecular weight excluding hydrogens is 398 g/mol. The van der Waals surface area contributed by atoms with Crippen LogP contribution < -0.4 is 4.72 Å². The van der Waals surface area contributed by atoms with E-state index in [0.29, 0.717) is 35.5 Å². The number of sulfonamides is 1. The first kappa shape index (κ1) is 21.2. The predicted molar refractivity (Wildman–Crippen MR) is 84.3 cm³/mol. The highest BCUT2D eigenvalue weighted by Crippen LogP contribution is 2.36. The fourth-order valence-electron chi connectivity index (χ4n) is 2.16. The molecule has 148 valence electrons. The van der Waals surface area contributed by atoms with Gasteiger partial charge in [-0.25, -0.2) is 13.4 Å².